The van der Waals surface area contributed by atoms with Gasteiger partial charge in [0.2, 0.25) is 0 Å². The largest absolute Gasteiger partial charge is 0.493 e. The zero-order chi connectivity index (χ0) is 27.1. The van der Waals surface area contributed by atoms with Gasteiger partial charge >= 0.3 is 12.0 Å². The van der Waals surface area contributed by atoms with Gasteiger partial charge in [0.15, 0.2) is 0 Å². The van der Waals surface area contributed by atoms with Crippen molar-refractivity contribution in [1.29, 1.82) is 0 Å². The first-order chi connectivity index (χ1) is 18.3. The van der Waals surface area contributed by atoms with Crippen molar-refractivity contribution >= 4 is 41.1 Å². The van der Waals surface area contributed by atoms with Crippen LogP contribution in [0.15, 0.2) is 66.7 Å². The number of urea groups is 1. The average molecular weight is 556 g/mol. The smallest absolute Gasteiger partial charge is 0.328 e. The molecule has 38 heavy (non-hydrogen) atoms. The Morgan fingerprint density at radius 1 is 1.00 bits per heavy atom. The third kappa shape index (κ3) is 6.96. The van der Waals surface area contributed by atoms with Crippen LogP contribution in [0, 0.1) is 0 Å². The molecule has 1 unspecified atom stereocenters. The van der Waals surface area contributed by atoms with E-state index in [2.05, 4.69) is 16.0 Å². The molecule has 2 atom stereocenters. The van der Waals surface area contributed by atoms with Gasteiger partial charge in [0.25, 0.3) is 5.91 Å². The number of carboxylic acids is 1. The van der Waals surface area contributed by atoms with Gasteiger partial charge in [-0.25, -0.2) is 9.59 Å². The first-order valence-electron chi connectivity index (χ1n) is 12.1. The van der Waals surface area contributed by atoms with Crippen molar-refractivity contribution in [3.05, 3.63) is 99.0 Å². The highest BCUT2D eigenvalue weighted by molar-refractivity contribution is 6.40. The highest BCUT2D eigenvalue weighted by Crippen LogP contribution is 2.31. The lowest BCUT2D eigenvalue weighted by molar-refractivity contribution is -0.139. The van der Waals surface area contributed by atoms with Crippen molar-refractivity contribution in [2.24, 2.45) is 0 Å². The second-order valence-corrected chi connectivity index (χ2v) is 9.67. The summed E-state index contributed by atoms with van der Waals surface area (Å²) in [4.78, 5) is 37.1. The van der Waals surface area contributed by atoms with Crippen LogP contribution >= 0.6 is 23.2 Å². The number of aryl methyl sites for hydroxylation is 1. The lowest BCUT2D eigenvalue weighted by atomic mass is 10.1. The van der Waals surface area contributed by atoms with E-state index >= 15 is 0 Å². The highest BCUT2D eigenvalue weighted by Gasteiger charge is 2.26. The molecular formula is C28H27Cl2N3O5. The third-order valence-corrected chi connectivity index (χ3v) is 6.85. The number of nitrogens with one attached hydrogen (secondary N) is 3. The van der Waals surface area contributed by atoms with Gasteiger partial charge in [0.1, 0.15) is 11.8 Å². The minimum Gasteiger partial charge on any atom is -0.493 e. The summed E-state index contributed by atoms with van der Waals surface area (Å²) < 4.78 is 5.72. The maximum atomic E-state index is 12.9. The fourth-order valence-corrected chi connectivity index (χ4v) is 4.96. The van der Waals surface area contributed by atoms with E-state index < -0.39 is 23.9 Å². The second kappa shape index (κ2) is 12.7. The number of carbonyl (C=O) groups excluding carboxylic acids is 2. The molecule has 0 heterocycles. The van der Waals surface area contributed by atoms with Crippen LogP contribution in [0.5, 0.6) is 5.75 Å². The number of carbonyl (C=O) groups is 3. The van der Waals surface area contributed by atoms with E-state index in [9.17, 15) is 19.5 Å². The Morgan fingerprint density at radius 3 is 2.39 bits per heavy atom. The van der Waals surface area contributed by atoms with E-state index in [1.807, 2.05) is 54.6 Å². The molecule has 0 saturated heterocycles. The molecule has 0 aromatic heterocycles. The number of aliphatic carboxylic acids is 1. The number of halogens is 2. The SMILES string of the molecule is O=C(NCC(NC(=O)c1c(Cl)cc(OCCc2ccccc2)cc1Cl)C(=O)O)N[C@@H]1CCc2ccccc21. The molecule has 0 spiro atoms. The van der Waals surface area contributed by atoms with E-state index in [0.29, 0.717) is 18.8 Å². The zero-order valence-corrected chi connectivity index (χ0v) is 21.9. The van der Waals surface area contributed by atoms with Gasteiger partial charge in [-0.1, -0.05) is 77.8 Å². The van der Waals surface area contributed by atoms with Crippen molar-refractivity contribution in [3.63, 3.8) is 0 Å². The van der Waals surface area contributed by atoms with Crippen LogP contribution in [0.25, 0.3) is 0 Å². The summed E-state index contributed by atoms with van der Waals surface area (Å²) >= 11 is 12.6. The first kappa shape index (κ1) is 27.3. The van der Waals surface area contributed by atoms with Crippen molar-refractivity contribution in [3.8, 4) is 5.75 Å². The summed E-state index contributed by atoms with van der Waals surface area (Å²) in [5, 5.41) is 17.4. The quantitative estimate of drug-likeness (QED) is 0.287. The average Bonchev–Trinajstić information content (AvgIpc) is 3.29. The van der Waals surface area contributed by atoms with Gasteiger partial charge in [-0.3, -0.25) is 4.79 Å². The number of carboxylic acid groups (broad SMARTS) is 1. The fourth-order valence-electron chi connectivity index (χ4n) is 4.32. The molecule has 0 radical (unpaired) electrons. The highest BCUT2D eigenvalue weighted by atomic mass is 35.5. The number of hydrogen-bond donors (Lipinski definition) is 4. The maximum absolute atomic E-state index is 12.9. The van der Waals surface area contributed by atoms with Gasteiger partial charge in [0, 0.05) is 6.42 Å². The summed E-state index contributed by atoms with van der Waals surface area (Å²) in [6, 6.07) is 18.4. The Kier molecular flexibility index (Phi) is 9.10. The van der Waals surface area contributed by atoms with Crippen LogP contribution < -0.4 is 20.7 Å². The van der Waals surface area contributed by atoms with Crippen LogP contribution in [0.1, 0.15) is 39.5 Å². The van der Waals surface area contributed by atoms with E-state index in [1.54, 1.807) is 0 Å². The predicted molar refractivity (Wildman–Crippen MR) is 145 cm³/mol. The molecule has 3 aromatic rings. The number of benzene rings is 3. The Balaban J connectivity index is 1.31. The number of fused-ring (bicyclic) bond motifs is 1. The minimum atomic E-state index is -1.40. The van der Waals surface area contributed by atoms with Crippen molar-refractivity contribution < 1.29 is 24.2 Å². The van der Waals surface area contributed by atoms with Gasteiger partial charge in [-0.2, -0.15) is 0 Å². The van der Waals surface area contributed by atoms with E-state index in [0.717, 1.165) is 24.0 Å². The number of amides is 3. The van der Waals surface area contributed by atoms with Gasteiger partial charge in [-0.15, -0.1) is 0 Å². The number of rotatable bonds is 10. The summed E-state index contributed by atoms with van der Waals surface area (Å²) in [7, 11) is 0. The van der Waals surface area contributed by atoms with Gasteiger partial charge in [0.05, 0.1) is 34.8 Å². The van der Waals surface area contributed by atoms with Crippen molar-refractivity contribution in [2.75, 3.05) is 13.2 Å². The molecule has 0 bridgehead atoms. The summed E-state index contributed by atoms with van der Waals surface area (Å²) in [6.07, 6.45) is 2.29. The molecule has 1 aliphatic carbocycles. The Bertz CT molecular complexity index is 1300. The molecule has 4 rings (SSSR count). The third-order valence-electron chi connectivity index (χ3n) is 6.25. The second-order valence-electron chi connectivity index (χ2n) is 8.85. The molecule has 8 nitrogen and oxygen atoms in total. The van der Waals surface area contributed by atoms with Crippen LogP contribution in [0.4, 0.5) is 4.79 Å². The maximum Gasteiger partial charge on any atom is 0.328 e. The molecule has 4 N–H and O–H groups in total. The zero-order valence-electron chi connectivity index (χ0n) is 20.4. The molecule has 0 aliphatic heterocycles. The van der Waals surface area contributed by atoms with Crippen LogP contribution in [0.3, 0.4) is 0 Å². The molecular weight excluding hydrogens is 529 g/mol. The van der Waals surface area contributed by atoms with Crippen LogP contribution in [-0.2, 0) is 17.6 Å². The molecule has 0 fully saturated rings. The van der Waals surface area contributed by atoms with E-state index in [1.165, 1.54) is 17.7 Å². The molecule has 198 valence electrons. The lowest BCUT2D eigenvalue weighted by Gasteiger charge is -2.19. The van der Waals surface area contributed by atoms with Crippen LogP contribution in [0.2, 0.25) is 10.0 Å². The Labute approximate surface area is 230 Å². The summed E-state index contributed by atoms with van der Waals surface area (Å²) in [6.45, 7) is 0.0423. The molecule has 10 heteroatoms. The van der Waals surface area contributed by atoms with Gasteiger partial charge < -0.3 is 25.8 Å². The van der Waals surface area contributed by atoms with Crippen molar-refractivity contribution in [2.45, 2.75) is 31.3 Å². The number of hydrogen-bond acceptors (Lipinski definition) is 4. The molecule has 3 aromatic carbocycles. The normalized spacial score (nSPS) is 14.7. The lowest BCUT2D eigenvalue weighted by Crippen LogP contribution is -2.50. The van der Waals surface area contributed by atoms with Crippen LogP contribution in [-0.4, -0.2) is 42.2 Å². The predicted octanol–water partition coefficient (Wildman–Crippen LogP) is 4.78. The van der Waals surface area contributed by atoms with E-state index in [-0.39, 0.29) is 28.2 Å². The Morgan fingerprint density at radius 2 is 1.68 bits per heavy atom. The Hall–Kier alpha value is -3.75. The summed E-state index contributed by atoms with van der Waals surface area (Å²) in [5.74, 6) is -1.72. The molecule has 0 saturated carbocycles. The van der Waals surface area contributed by atoms with E-state index in [4.69, 9.17) is 27.9 Å². The fraction of sp³-hybridized carbons (Fsp3) is 0.250. The van der Waals surface area contributed by atoms with Crippen molar-refractivity contribution in [1.82, 2.24) is 16.0 Å². The molecule has 3 amide bonds. The van der Waals surface area contributed by atoms with Gasteiger partial charge in [-0.05, 0) is 41.7 Å². The summed E-state index contributed by atoms with van der Waals surface area (Å²) in [5.41, 5.74) is 3.25. The number of ether oxygens (including phenoxy) is 1. The minimum absolute atomic E-state index is 0.0134. The monoisotopic (exact) mass is 555 g/mol. The first-order valence-corrected chi connectivity index (χ1v) is 12.9. The topological polar surface area (TPSA) is 117 Å². The standard InChI is InChI=1S/C28H27Cl2N3O5/c29-21-14-19(38-13-12-17-6-2-1-3-7-17)15-22(30)25(21)26(34)32-24(27(35)36)16-31-28(37)33-23-11-10-18-8-4-5-9-20(18)23/h1-9,14-15,23-24H,10-13,16H2,(H,32,34)(H,35,36)(H2,31,33,37)/t23-,24?/m1/s1. The molecule has 1 aliphatic rings.